The van der Waals surface area contributed by atoms with Gasteiger partial charge in [0.15, 0.2) is 5.17 Å². The number of aliphatic imine (C=N–C) groups is 1. The summed E-state index contributed by atoms with van der Waals surface area (Å²) in [6.07, 6.45) is 6.49. The molecule has 0 radical (unpaired) electrons. The highest BCUT2D eigenvalue weighted by Gasteiger charge is 2.39. The van der Waals surface area contributed by atoms with Crippen LogP contribution in [0.1, 0.15) is 42.4 Å². The standard InChI is InChI=1S/C29H27N3OS/c33-28-27(34-29(30-24-10-2-1-3-11-24)32(28)26-12-6-7-13-26)18-21-14-16-25(17-15-21)31-19-22-8-4-5-9-23(22)20-31/h1-5,8-11,14-18,26H,6-7,12-13,19-20H2. The fourth-order valence-electron chi connectivity index (χ4n) is 5.11. The van der Waals surface area contributed by atoms with E-state index in [0.717, 1.165) is 47.3 Å². The van der Waals surface area contributed by atoms with Crippen LogP contribution in [0.3, 0.4) is 0 Å². The second-order valence-electron chi connectivity index (χ2n) is 9.17. The zero-order valence-corrected chi connectivity index (χ0v) is 19.9. The molecular weight excluding hydrogens is 438 g/mol. The third-order valence-corrected chi connectivity index (χ3v) is 7.89. The van der Waals surface area contributed by atoms with Gasteiger partial charge in [-0.2, -0.15) is 0 Å². The van der Waals surface area contributed by atoms with Gasteiger partial charge < -0.3 is 4.90 Å². The second-order valence-corrected chi connectivity index (χ2v) is 10.2. The van der Waals surface area contributed by atoms with E-state index in [4.69, 9.17) is 4.99 Å². The van der Waals surface area contributed by atoms with Gasteiger partial charge in [-0.15, -0.1) is 0 Å². The molecule has 3 aromatic rings. The Hall–Kier alpha value is -3.31. The number of para-hydroxylation sites is 1. The van der Waals surface area contributed by atoms with Crippen LogP contribution >= 0.6 is 11.8 Å². The highest BCUT2D eigenvalue weighted by Crippen LogP contribution is 2.39. The summed E-state index contributed by atoms with van der Waals surface area (Å²) in [4.78, 5) is 23.4. The average Bonchev–Trinajstić information content (AvgIpc) is 3.60. The van der Waals surface area contributed by atoms with Crippen LogP contribution in [0.15, 0.2) is 88.8 Å². The molecule has 2 aliphatic heterocycles. The fourth-order valence-corrected chi connectivity index (χ4v) is 6.17. The summed E-state index contributed by atoms with van der Waals surface area (Å²) in [6.45, 7) is 1.89. The van der Waals surface area contributed by atoms with E-state index < -0.39 is 0 Å². The van der Waals surface area contributed by atoms with Crippen molar-refractivity contribution in [3.8, 4) is 0 Å². The lowest BCUT2D eigenvalue weighted by Crippen LogP contribution is -2.37. The predicted octanol–water partition coefficient (Wildman–Crippen LogP) is 6.75. The predicted molar refractivity (Wildman–Crippen MR) is 141 cm³/mol. The minimum absolute atomic E-state index is 0.0886. The van der Waals surface area contributed by atoms with Crippen LogP contribution in [0.25, 0.3) is 6.08 Å². The number of carbonyl (C=O) groups is 1. The van der Waals surface area contributed by atoms with E-state index in [1.54, 1.807) is 0 Å². The molecule has 0 spiro atoms. The molecule has 1 aliphatic carbocycles. The number of amides is 1. The first-order chi connectivity index (χ1) is 16.7. The molecule has 1 amide bonds. The molecule has 6 rings (SSSR count). The smallest absolute Gasteiger partial charge is 0.267 e. The number of amidine groups is 1. The van der Waals surface area contributed by atoms with E-state index in [2.05, 4.69) is 53.4 Å². The number of hydrogen-bond donors (Lipinski definition) is 0. The Morgan fingerprint density at radius 2 is 1.47 bits per heavy atom. The number of anilines is 1. The molecule has 0 N–H and O–H groups in total. The molecule has 0 bridgehead atoms. The maximum atomic E-state index is 13.4. The van der Waals surface area contributed by atoms with Crippen molar-refractivity contribution in [2.75, 3.05) is 4.90 Å². The number of rotatable bonds is 4. The highest BCUT2D eigenvalue weighted by molar-refractivity contribution is 8.18. The molecule has 0 atom stereocenters. The van der Waals surface area contributed by atoms with Gasteiger partial charge in [0.05, 0.1) is 10.6 Å². The zero-order chi connectivity index (χ0) is 22.9. The Morgan fingerprint density at radius 3 is 2.15 bits per heavy atom. The second kappa shape index (κ2) is 9.15. The maximum absolute atomic E-state index is 13.4. The van der Waals surface area contributed by atoms with Gasteiger partial charge >= 0.3 is 0 Å². The average molecular weight is 466 g/mol. The van der Waals surface area contributed by atoms with Crippen molar-refractivity contribution in [1.29, 1.82) is 0 Å². The van der Waals surface area contributed by atoms with Crippen molar-refractivity contribution in [3.63, 3.8) is 0 Å². The van der Waals surface area contributed by atoms with Gasteiger partial charge in [0.2, 0.25) is 0 Å². The number of benzene rings is 3. The van der Waals surface area contributed by atoms with E-state index in [0.29, 0.717) is 0 Å². The quantitative estimate of drug-likeness (QED) is 0.400. The molecule has 1 saturated carbocycles. The minimum Gasteiger partial charge on any atom is -0.363 e. The Kier molecular flexibility index (Phi) is 5.71. The summed E-state index contributed by atoms with van der Waals surface area (Å²) in [5, 5.41) is 0.806. The number of hydrogen-bond acceptors (Lipinski definition) is 4. The summed E-state index contributed by atoms with van der Waals surface area (Å²) < 4.78 is 0. The van der Waals surface area contributed by atoms with Gasteiger partial charge in [-0.3, -0.25) is 9.69 Å². The summed E-state index contributed by atoms with van der Waals surface area (Å²) in [5.41, 5.74) is 5.95. The van der Waals surface area contributed by atoms with Crippen LogP contribution in [0, 0.1) is 0 Å². The van der Waals surface area contributed by atoms with Gasteiger partial charge in [-0.25, -0.2) is 4.99 Å². The number of carbonyl (C=O) groups excluding carboxylic acids is 1. The SMILES string of the molecule is O=C1C(=Cc2ccc(N3Cc4ccccc4C3)cc2)SC(=Nc2ccccc2)N1C1CCCC1. The number of thioether (sulfide) groups is 1. The highest BCUT2D eigenvalue weighted by atomic mass is 32.2. The first-order valence-corrected chi connectivity index (χ1v) is 12.8. The van der Waals surface area contributed by atoms with E-state index in [1.165, 1.54) is 41.4 Å². The molecule has 170 valence electrons. The summed E-state index contributed by atoms with van der Waals surface area (Å²) in [6, 6.07) is 27.4. The molecule has 1 saturated heterocycles. The van der Waals surface area contributed by atoms with E-state index in [-0.39, 0.29) is 11.9 Å². The third-order valence-electron chi connectivity index (χ3n) is 6.90. The molecule has 3 aromatic carbocycles. The first kappa shape index (κ1) is 21.2. The Morgan fingerprint density at radius 1 is 0.824 bits per heavy atom. The molecule has 4 nitrogen and oxygen atoms in total. The van der Waals surface area contributed by atoms with E-state index >= 15 is 0 Å². The van der Waals surface area contributed by atoms with Crippen LogP contribution in [0.4, 0.5) is 11.4 Å². The van der Waals surface area contributed by atoms with Gasteiger partial charge in [0.25, 0.3) is 5.91 Å². The lowest BCUT2D eigenvalue weighted by atomic mass is 10.1. The maximum Gasteiger partial charge on any atom is 0.267 e. The van der Waals surface area contributed by atoms with Crippen molar-refractivity contribution < 1.29 is 4.79 Å². The number of nitrogens with zero attached hydrogens (tertiary/aromatic N) is 3. The van der Waals surface area contributed by atoms with E-state index in [1.807, 2.05) is 41.3 Å². The molecule has 34 heavy (non-hydrogen) atoms. The normalized spacial score (nSPS) is 20.6. The molecule has 2 heterocycles. The molecule has 5 heteroatoms. The lowest BCUT2D eigenvalue weighted by molar-refractivity contribution is -0.123. The largest absolute Gasteiger partial charge is 0.363 e. The van der Waals surface area contributed by atoms with Crippen LogP contribution in [0.2, 0.25) is 0 Å². The van der Waals surface area contributed by atoms with Gasteiger partial charge in [0.1, 0.15) is 0 Å². The monoisotopic (exact) mass is 465 g/mol. The fraction of sp³-hybridized carbons (Fsp3) is 0.241. The summed E-state index contributed by atoms with van der Waals surface area (Å²) in [5.74, 6) is 0.0886. The van der Waals surface area contributed by atoms with Crippen molar-refractivity contribution in [2.24, 2.45) is 4.99 Å². The van der Waals surface area contributed by atoms with Crippen molar-refractivity contribution >= 4 is 40.3 Å². The molecule has 0 unspecified atom stereocenters. The van der Waals surface area contributed by atoms with Crippen LogP contribution in [-0.4, -0.2) is 22.0 Å². The molecular formula is C29H27N3OS. The summed E-state index contributed by atoms with van der Waals surface area (Å²) in [7, 11) is 0. The van der Waals surface area contributed by atoms with Gasteiger partial charge in [-0.05, 0) is 71.6 Å². The molecule has 2 fully saturated rings. The van der Waals surface area contributed by atoms with Crippen molar-refractivity contribution in [3.05, 3.63) is 100 Å². The topological polar surface area (TPSA) is 35.9 Å². The first-order valence-electron chi connectivity index (χ1n) is 12.0. The third kappa shape index (κ3) is 4.16. The van der Waals surface area contributed by atoms with Gasteiger partial charge in [-0.1, -0.05) is 67.4 Å². The van der Waals surface area contributed by atoms with Crippen LogP contribution in [-0.2, 0) is 17.9 Å². The Balaban J connectivity index is 1.24. The Labute approximate surface area is 205 Å². The van der Waals surface area contributed by atoms with Crippen LogP contribution in [0.5, 0.6) is 0 Å². The van der Waals surface area contributed by atoms with Gasteiger partial charge in [0, 0.05) is 24.8 Å². The Bertz CT molecular complexity index is 1240. The van der Waals surface area contributed by atoms with Crippen molar-refractivity contribution in [2.45, 2.75) is 44.8 Å². The lowest BCUT2D eigenvalue weighted by Gasteiger charge is -2.22. The number of fused-ring (bicyclic) bond motifs is 1. The van der Waals surface area contributed by atoms with Crippen molar-refractivity contribution in [1.82, 2.24) is 4.90 Å². The summed E-state index contributed by atoms with van der Waals surface area (Å²) >= 11 is 1.50. The van der Waals surface area contributed by atoms with E-state index in [9.17, 15) is 4.79 Å². The molecule has 0 aromatic heterocycles. The molecule has 3 aliphatic rings. The van der Waals surface area contributed by atoms with Crippen LogP contribution < -0.4 is 4.90 Å². The minimum atomic E-state index is 0.0886. The zero-order valence-electron chi connectivity index (χ0n) is 19.1.